The average molecular weight is 418 g/mol. The van der Waals surface area contributed by atoms with E-state index in [4.69, 9.17) is 14.2 Å². The lowest BCUT2D eigenvalue weighted by molar-refractivity contribution is 0.440. The van der Waals surface area contributed by atoms with Crippen LogP contribution in [0.5, 0.6) is 34.5 Å². The maximum Gasteiger partial charge on any atom is 0.134 e. The molecule has 31 heavy (non-hydrogen) atoms. The Bertz CT molecular complexity index is 1130. The maximum atomic E-state index is 13.5. The first kappa shape index (κ1) is 20.4. The van der Waals surface area contributed by atoms with Crippen LogP contribution in [0, 0.1) is 25.5 Å². The zero-order valence-corrected chi connectivity index (χ0v) is 17.1. The molecule has 4 aromatic rings. The molecule has 5 heteroatoms. The quantitative estimate of drug-likeness (QED) is 0.318. The van der Waals surface area contributed by atoms with Gasteiger partial charge in [-0.05, 0) is 62.4 Å². The van der Waals surface area contributed by atoms with Gasteiger partial charge in [-0.2, -0.15) is 0 Å². The number of ether oxygens (including phenoxy) is 3. The molecule has 0 saturated carbocycles. The Labute approximate surface area is 179 Å². The fraction of sp³-hybridized carbons (Fsp3) is 0.0769. The zero-order chi connectivity index (χ0) is 21.8. The van der Waals surface area contributed by atoms with Crippen LogP contribution in [0.1, 0.15) is 11.1 Å². The summed E-state index contributed by atoms with van der Waals surface area (Å²) in [6.07, 6.45) is 0. The number of hydrogen-bond acceptors (Lipinski definition) is 3. The van der Waals surface area contributed by atoms with Gasteiger partial charge in [0.15, 0.2) is 0 Å². The zero-order valence-electron chi connectivity index (χ0n) is 17.1. The topological polar surface area (TPSA) is 27.7 Å². The Morgan fingerprint density at radius 3 is 1.23 bits per heavy atom. The lowest BCUT2D eigenvalue weighted by Gasteiger charge is -2.16. The molecular weight excluding hydrogens is 398 g/mol. The van der Waals surface area contributed by atoms with E-state index < -0.39 is 0 Å². The van der Waals surface area contributed by atoms with Crippen LogP contribution >= 0.6 is 0 Å². The Morgan fingerprint density at radius 1 is 0.484 bits per heavy atom. The molecule has 0 saturated heterocycles. The Hall–Kier alpha value is -3.86. The van der Waals surface area contributed by atoms with E-state index in [1.54, 1.807) is 48.5 Å². The van der Waals surface area contributed by atoms with Crippen molar-refractivity contribution in [3.63, 3.8) is 0 Å². The number of halogens is 2. The highest BCUT2D eigenvalue weighted by atomic mass is 19.1. The van der Waals surface area contributed by atoms with Crippen molar-refractivity contribution in [3.8, 4) is 34.5 Å². The minimum absolute atomic E-state index is 0.367. The molecule has 4 rings (SSSR count). The molecule has 0 aromatic heterocycles. The summed E-state index contributed by atoms with van der Waals surface area (Å²) in [4.78, 5) is 0. The molecule has 0 atom stereocenters. The normalized spacial score (nSPS) is 10.6. The summed E-state index contributed by atoms with van der Waals surface area (Å²) in [5.41, 5.74) is 1.53. The van der Waals surface area contributed by atoms with Gasteiger partial charge in [0, 0.05) is 23.3 Å². The fourth-order valence-corrected chi connectivity index (χ4v) is 3.06. The van der Waals surface area contributed by atoms with Gasteiger partial charge >= 0.3 is 0 Å². The van der Waals surface area contributed by atoms with Crippen molar-refractivity contribution in [2.24, 2.45) is 0 Å². The first-order chi connectivity index (χ1) is 15.0. The molecule has 0 N–H and O–H groups in total. The third kappa shape index (κ3) is 4.83. The molecule has 3 nitrogen and oxygen atoms in total. The Kier molecular flexibility index (Phi) is 5.85. The van der Waals surface area contributed by atoms with Crippen molar-refractivity contribution in [3.05, 3.63) is 108 Å². The molecule has 156 valence electrons. The Balaban J connectivity index is 1.58. The molecule has 0 fully saturated rings. The third-order valence-electron chi connectivity index (χ3n) is 4.74. The first-order valence-corrected chi connectivity index (χ1v) is 9.73. The van der Waals surface area contributed by atoms with Crippen LogP contribution in [0.2, 0.25) is 0 Å². The number of hydrogen-bond donors (Lipinski definition) is 0. The summed E-state index contributed by atoms with van der Waals surface area (Å²) in [5, 5.41) is 0. The summed E-state index contributed by atoms with van der Waals surface area (Å²) >= 11 is 0. The van der Waals surface area contributed by atoms with Crippen molar-refractivity contribution < 1.29 is 23.0 Å². The second-order valence-electron chi connectivity index (χ2n) is 6.98. The van der Waals surface area contributed by atoms with E-state index in [0.29, 0.717) is 34.5 Å². The molecule has 0 aliphatic heterocycles. The van der Waals surface area contributed by atoms with Crippen LogP contribution in [0.4, 0.5) is 8.78 Å². The Morgan fingerprint density at radius 2 is 0.839 bits per heavy atom. The maximum absolute atomic E-state index is 13.5. The van der Waals surface area contributed by atoms with E-state index in [0.717, 1.165) is 11.1 Å². The summed E-state index contributed by atoms with van der Waals surface area (Å²) in [5.74, 6) is 2.39. The first-order valence-electron chi connectivity index (χ1n) is 9.73. The molecule has 0 aliphatic rings. The van der Waals surface area contributed by atoms with Crippen molar-refractivity contribution >= 4 is 0 Å². The van der Waals surface area contributed by atoms with Crippen LogP contribution in [0.15, 0.2) is 84.9 Å². The molecule has 0 unspecified atom stereocenters. The van der Waals surface area contributed by atoms with Gasteiger partial charge in [-0.25, -0.2) is 8.78 Å². The average Bonchev–Trinajstić information content (AvgIpc) is 2.74. The van der Waals surface area contributed by atoms with Gasteiger partial charge < -0.3 is 14.2 Å². The highest BCUT2D eigenvalue weighted by molar-refractivity contribution is 5.51. The molecule has 0 spiro atoms. The van der Waals surface area contributed by atoms with Crippen LogP contribution in [0.25, 0.3) is 0 Å². The highest BCUT2D eigenvalue weighted by Crippen LogP contribution is 2.37. The molecular formula is C26H20F2O3. The van der Waals surface area contributed by atoms with Gasteiger partial charge in [0.2, 0.25) is 0 Å². The molecule has 4 aromatic carbocycles. The van der Waals surface area contributed by atoms with E-state index in [2.05, 4.69) is 0 Å². The summed E-state index contributed by atoms with van der Waals surface area (Å²) in [7, 11) is 0. The van der Waals surface area contributed by atoms with Crippen LogP contribution in [-0.4, -0.2) is 0 Å². The molecule has 0 bridgehead atoms. The number of rotatable bonds is 6. The van der Waals surface area contributed by atoms with Gasteiger partial charge in [-0.3, -0.25) is 0 Å². The van der Waals surface area contributed by atoms with E-state index in [-0.39, 0.29) is 11.6 Å². The number of benzene rings is 4. The van der Waals surface area contributed by atoms with Gasteiger partial charge in [-0.1, -0.05) is 24.3 Å². The van der Waals surface area contributed by atoms with Gasteiger partial charge in [-0.15, -0.1) is 0 Å². The molecule has 0 heterocycles. The van der Waals surface area contributed by atoms with Gasteiger partial charge in [0.05, 0.1) is 0 Å². The van der Waals surface area contributed by atoms with E-state index in [1.165, 1.54) is 24.3 Å². The van der Waals surface area contributed by atoms with E-state index in [1.807, 2.05) is 26.0 Å². The predicted molar refractivity (Wildman–Crippen MR) is 115 cm³/mol. The van der Waals surface area contributed by atoms with Crippen molar-refractivity contribution in [2.45, 2.75) is 13.8 Å². The minimum atomic E-state index is -0.367. The van der Waals surface area contributed by atoms with E-state index >= 15 is 0 Å². The van der Waals surface area contributed by atoms with Crippen LogP contribution in [-0.2, 0) is 0 Å². The fourth-order valence-electron chi connectivity index (χ4n) is 3.06. The standard InChI is InChI=1S/C26H20F2O3/c1-17-23(29-21-9-3-7-19(27)15-21)11-5-13-25(17)31-26-14-6-12-24(18(26)2)30-22-10-4-8-20(28)16-22/h3-16H,1-2H3. The second-order valence-corrected chi connectivity index (χ2v) is 6.98. The minimum Gasteiger partial charge on any atom is -0.457 e. The summed E-state index contributed by atoms with van der Waals surface area (Å²) < 4.78 is 44.7. The smallest absolute Gasteiger partial charge is 0.134 e. The molecule has 0 radical (unpaired) electrons. The third-order valence-corrected chi connectivity index (χ3v) is 4.74. The second kappa shape index (κ2) is 8.88. The van der Waals surface area contributed by atoms with Crippen LogP contribution < -0.4 is 14.2 Å². The lowest BCUT2D eigenvalue weighted by Crippen LogP contribution is -1.95. The van der Waals surface area contributed by atoms with E-state index in [9.17, 15) is 8.78 Å². The van der Waals surface area contributed by atoms with Gasteiger partial charge in [0.1, 0.15) is 46.1 Å². The van der Waals surface area contributed by atoms with Crippen LogP contribution in [0.3, 0.4) is 0 Å². The largest absolute Gasteiger partial charge is 0.457 e. The monoisotopic (exact) mass is 418 g/mol. The summed E-state index contributed by atoms with van der Waals surface area (Å²) in [6, 6.07) is 22.8. The van der Waals surface area contributed by atoms with Crippen molar-refractivity contribution in [1.29, 1.82) is 0 Å². The SMILES string of the molecule is Cc1c(Oc2cccc(F)c2)cccc1Oc1cccc(Oc2cccc(F)c2)c1C. The summed E-state index contributed by atoms with van der Waals surface area (Å²) in [6.45, 7) is 3.73. The van der Waals surface area contributed by atoms with Crippen molar-refractivity contribution in [2.75, 3.05) is 0 Å². The lowest BCUT2D eigenvalue weighted by atomic mass is 10.1. The molecule has 0 amide bonds. The van der Waals surface area contributed by atoms with Crippen molar-refractivity contribution in [1.82, 2.24) is 0 Å². The highest BCUT2D eigenvalue weighted by Gasteiger charge is 2.13. The molecule has 0 aliphatic carbocycles. The van der Waals surface area contributed by atoms with Gasteiger partial charge in [0.25, 0.3) is 0 Å². The predicted octanol–water partition coefficient (Wildman–Crippen LogP) is 7.96.